The third-order valence-corrected chi connectivity index (χ3v) is 3.35. The highest BCUT2D eigenvalue weighted by molar-refractivity contribution is 6.10. The fourth-order valence-electron chi connectivity index (χ4n) is 2.45. The first-order valence-corrected chi connectivity index (χ1v) is 6.07. The number of aromatic nitrogens is 3. The van der Waals surface area contributed by atoms with Gasteiger partial charge in [0.2, 0.25) is 0 Å². The number of benzene rings is 1. The van der Waals surface area contributed by atoms with Crippen molar-refractivity contribution in [2.75, 3.05) is 7.11 Å². The van der Waals surface area contributed by atoms with E-state index in [1.165, 1.54) is 0 Å². The molecule has 4 nitrogen and oxygen atoms in total. The zero-order valence-corrected chi connectivity index (χ0v) is 10.3. The maximum atomic E-state index is 5.36. The number of aromatic amines is 1. The van der Waals surface area contributed by atoms with Crippen LogP contribution in [-0.4, -0.2) is 22.1 Å². The summed E-state index contributed by atoms with van der Waals surface area (Å²) >= 11 is 0. The maximum absolute atomic E-state index is 5.36. The summed E-state index contributed by atoms with van der Waals surface area (Å²) in [5, 5.41) is 2.12. The number of H-pyrrole nitrogens is 1. The van der Waals surface area contributed by atoms with Gasteiger partial charge in [0.1, 0.15) is 11.3 Å². The number of para-hydroxylation sites is 1. The molecule has 3 aromatic heterocycles. The predicted octanol–water partition coefficient (Wildman–Crippen LogP) is 3.27. The van der Waals surface area contributed by atoms with Crippen molar-refractivity contribution in [3.05, 3.63) is 42.6 Å². The Balaban J connectivity index is 2.22. The van der Waals surface area contributed by atoms with E-state index in [2.05, 4.69) is 21.0 Å². The largest absolute Gasteiger partial charge is 0.494 e. The van der Waals surface area contributed by atoms with Crippen LogP contribution in [0.5, 0.6) is 5.75 Å². The van der Waals surface area contributed by atoms with Gasteiger partial charge in [0.05, 0.1) is 18.1 Å². The average molecular weight is 249 g/mol. The second-order valence-electron chi connectivity index (χ2n) is 4.43. The van der Waals surface area contributed by atoms with Crippen molar-refractivity contribution in [2.24, 2.45) is 0 Å². The Morgan fingerprint density at radius 2 is 2.00 bits per heavy atom. The number of pyridine rings is 2. The van der Waals surface area contributed by atoms with Crippen LogP contribution < -0.4 is 4.74 Å². The molecule has 0 unspecified atom stereocenters. The summed E-state index contributed by atoms with van der Waals surface area (Å²) in [7, 11) is 1.66. The zero-order chi connectivity index (χ0) is 12.8. The second-order valence-corrected chi connectivity index (χ2v) is 4.43. The smallest absolute Gasteiger partial charge is 0.161 e. The Morgan fingerprint density at radius 3 is 2.89 bits per heavy atom. The van der Waals surface area contributed by atoms with Crippen LogP contribution in [-0.2, 0) is 0 Å². The molecule has 92 valence electrons. The van der Waals surface area contributed by atoms with Crippen LogP contribution in [0.3, 0.4) is 0 Å². The van der Waals surface area contributed by atoms with Gasteiger partial charge >= 0.3 is 0 Å². The number of nitrogens with one attached hydrogen (secondary N) is 1. The van der Waals surface area contributed by atoms with Crippen molar-refractivity contribution in [3.63, 3.8) is 0 Å². The van der Waals surface area contributed by atoms with Gasteiger partial charge in [-0.1, -0.05) is 12.1 Å². The molecule has 4 heteroatoms. The summed E-state index contributed by atoms with van der Waals surface area (Å²) in [6.07, 6.45) is 1.90. The summed E-state index contributed by atoms with van der Waals surface area (Å²) in [6, 6.07) is 11.9. The number of nitrogens with zero attached hydrogens (tertiary/aromatic N) is 2. The summed E-state index contributed by atoms with van der Waals surface area (Å²) < 4.78 is 5.36. The lowest BCUT2D eigenvalue weighted by molar-refractivity contribution is 0.419. The first kappa shape index (κ1) is 10.3. The number of methoxy groups -OCH3 is 1. The Hall–Kier alpha value is -2.62. The molecular weight excluding hydrogens is 238 g/mol. The van der Waals surface area contributed by atoms with Gasteiger partial charge in [-0.2, -0.15) is 0 Å². The van der Waals surface area contributed by atoms with E-state index in [0.29, 0.717) is 0 Å². The fourth-order valence-corrected chi connectivity index (χ4v) is 2.45. The minimum atomic E-state index is 0.756. The predicted molar refractivity (Wildman–Crippen MR) is 75.5 cm³/mol. The quantitative estimate of drug-likeness (QED) is 0.563. The van der Waals surface area contributed by atoms with Gasteiger partial charge in [0.15, 0.2) is 5.65 Å². The highest BCUT2D eigenvalue weighted by Crippen LogP contribution is 2.31. The Kier molecular flexibility index (Phi) is 2.00. The van der Waals surface area contributed by atoms with Crippen LogP contribution in [0.2, 0.25) is 0 Å². The molecule has 0 atom stereocenters. The van der Waals surface area contributed by atoms with Crippen molar-refractivity contribution in [2.45, 2.75) is 0 Å². The monoisotopic (exact) mass is 249 g/mol. The van der Waals surface area contributed by atoms with Crippen LogP contribution >= 0.6 is 0 Å². The average Bonchev–Trinajstić information content (AvgIpc) is 2.82. The molecule has 0 fully saturated rings. The molecule has 19 heavy (non-hydrogen) atoms. The molecule has 0 spiro atoms. The highest BCUT2D eigenvalue weighted by atomic mass is 16.5. The molecule has 0 aliphatic heterocycles. The molecule has 0 radical (unpaired) electrons. The highest BCUT2D eigenvalue weighted by Gasteiger charge is 2.11. The van der Waals surface area contributed by atoms with Crippen molar-refractivity contribution in [3.8, 4) is 5.75 Å². The molecule has 3 heterocycles. The number of rotatable bonds is 1. The molecule has 0 bridgehead atoms. The van der Waals surface area contributed by atoms with Crippen molar-refractivity contribution >= 4 is 33.0 Å². The summed E-state index contributed by atoms with van der Waals surface area (Å²) in [5.74, 6) is 0.781. The number of fused-ring (bicyclic) bond motifs is 4. The van der Waals surface area contributed by atoms with Gasteiger partial charge in [0, 0.05) is 17.0 Å². The van der Waals surface area contributed by atoms with Crippen molar-refractivity contribution < 1.29 is 4.74 Å². The van der Waals surface area contributed by atoms with E-state index in [0.717, 1.165) is 38.7 Å². The molecule has 0 saturated heterocycles. The molecule has 4 rings (SSSR count). The summed E-state index contributed by atoms with van der Waals surface area (Å²) in [5.41, 5.74) is 3.54. The Morgan fingerprint density at radius 1 is 1.05 bits per heavy atom. The lowest BCUT2D eigenvalue weighted by atomic mass is 10.1. The fraction of sp³-hybridized carbons (Fsp3) is 0.0667. The van der Waals surface area contributed by atoms with Crippen LogP contribution in [0.25, 0.3) is 33.0 Å². The topological polar surface area (TPSA) is 50.8 Å². The van der Waals surface area contributed by atoms with E-state index in [1.54, 1.807) is 7.11 Å². The first-order chi connectivity index (χ1) is 9.36. The molecule has 0 aliphatic carbocycles. The lowest BCUT2D eigenvalue weighted by Crippen LogP contribution is -1.83. The molecule has 0 aliphatic rings. The third kappa shape index (κ3) is 1.40. The van der Waals surface area contributed by atoms with E-state index in [-0.39, 0.29) is 0 Å². The van der Waals surface area contributed by atoms with Crippen LogP contribution in [0.4, 0.5) is 0 Å². The zero-order valence-electron chi connectivity index (χ0n) is 10.3. The molecular formula is C15H11N3O. The van der Waals surface area contributed by atoms with E-state index in [1.807, 2.05) is 36.5 Å². The Bertz CT molecular complexity index is 911. The van der Waals surface area contributed by atoms with Crippen LogP contribution in [0.1, 0.15) is 0 Å². The summed E-state index contributed by atoms with van der Waals surface area (Å²) in [6.45, 7) is 0. The minimum Gasteiger partial charge on any atom is -0.494 e. The van der Waals surface area contributed by atoms with Crippen LogP contribution in [0, 0.1) is 0 Å². The van der Waals surface area contributed by atoms with E-state index < -0.39 is 0 Å². The second kappa shape index (κ2) is 3.68. The standard InChI is InChI=1S/C15H11N3O/c1-19-13-6-2-4-9-10-8-12-11(5-3-7-16-12)17-15(10)18-14(9)13/h2-8,16H,1H3. The van der Waals surface area contributed by atoms with Gasteiger partial charge in [-0.15, -0.1) is 0 Å². The molecule has 4 aromatic rings. The van der Waals surface area contributed by atoms with E-state index >= 15 is 0 Å². The Labute approximate surface area is 109 Å². The SMILES string of the molecule is COc1cccc2c1nc1nc3ccc[nH]c3cc12. The number of hydrogen-bond donors (Lipinski definition) is 1. The number of ether oxygens (including phenoxy) is 1. The van der Waals surface area contributed by atoms with E-state index in [9.17, 15) is 0 Å². The molecule has 0 saturated carbocycles. The first-order valence-electron chi connectivity index (χ1n) is 6.07. The van der Waals surface area contributed by atoms with E-state index in [4.69, 9.17) is 4.74 Å². The van der Waals surface area contributed by atoms with Crippen molar-refractivity contribution in [1.82, 2.24) is 15.0 Å². The van der Waals surface area contributed by atoms with Gasteiger partial charge in [0.25, 0.3) is 0 Å². The van der Waals surface area contributed by atoms with Crippen molar-refractivity contribution in [1.29, 1.82) is 0 Å². The third-order valence-electron chi connectivity index (χ3n) is 3.35. The van der Waals surface area contributed by atoms with Gasteiger partial charge in [-0.25, -0.2) is 9.97 Å². The molecule has 1 N–H and O–H groups in total. The van der Waals surface area contributed by atoms with Gasteiger partial charge < -0.3 is 9.72 Å². The lowest BCUT2D eigenvalue weighted by Gasteiger charge is -1.99. The number of hydrogen-bond acceptors (Lipinski definition) is 3. The normalized spacial score (nSPS) is 11.4. The van der Waals surface area contributed by atoms with Gasteiger partial charge in [-0.05, 0) is 24.3 Å². The van der Waals surface area contributed by atoms with Crippen LogP contribution in [0.15, 0.2) is 42.6 Å². The molecule has 0 amide bonds. The van der Waals surface area contributed by atoms with Gasteiger partial charge in [-0.3, -0.25) is 0 Å². The minimum absolute atomic E-state index is 0.756. The summed E-state index contributed by atoms with van der Waals surface area (Å²) in [4.78, 5) is 12.4. The molecule has 1 aromatic carbocycles. The maximum Gasteiger partial charge on any atom is 0.161 e.